The van der Waals surface area contributed by atoms with E-state index in [0.717, 1.165) is 23.5 Å². The fourth-order valence-corrected chi connectivity index (χ4v) is 2.45. The number of benzene rings is 1. The fraction of sp³-hybridized carbons (Fsp3) is 0.353. The van der Waals surface area contributed by atoms with Gasteiger partial charge in [0.2, 0.25) is 0 Å². The maximum absolute atomic E-state index is 12.1. The Morgan fingerprint density at radius 1 is 1.12 bits per heavy atom. The molecule has 2 rings (SSSR count). The molecule has 25 heavy (non-hydrogen) atoms. The highest BCUT2D eigenvalue weighted by atomic mass is 16.5. The number of aryl methyl sites for hydroxylation is 2. The highest BCUT2D eigenvalue weighted by Crippen LogP contribution is 2.15. The summed E-state index contributed by atoms with van der Waals surface area (Å²) in [5.74, 6) is 0. The van der Waals surface area contributed by atoms with Gasteiger partial charge in [-0.15, -0.1) is 0 Å². The molecule has 1 aromatic heterocycles. The van der Waals surface area contributed by atoms with E-state index in [4.69, 9.17) is 0 Å². The lowest BCUT2D eigenvalue weighted by molar-refractivity contribution is 0.187. The van der Waals surface area contributed by atoms with Crippen LogP contribution in [-0.2, 0) is 17.8 Å². The molecule has 1 aromatic carbocycles. The molecule has 2 aromatic rings. The molecule has 134 valence electrons. The molecule has 3 amide bonds. The van der Waals surface area contributed by atoms with Gasteiger partial charge < -0.3 is 15.4 Å². The molecule has 8 heteroatoms. The first-order chi connectivity index (χ1) is 11.9. The van der Waals surface area contributed by atoms with E-state index in [0.29, 0.717) is 17.9 Å². The van der Waals surface area contributed by atoms with Gasteiger partial charge in [-0.05, 0) is 45.0 Å². The lowest BCUT2D eigenvalue weighted by Crippen LogP contribution is -2.28. The predicted molar refractivity (Wildman–Crippen MR) is 95.7 cm³/mol. The van der Waals surface area contributed by atoms with E-state index < -0.39 is 6.09 Å². The molecule has 0 aliphatic carbocycles. The number of nitrogens with zero attached hydrogens (tertiary/aromatic N) is 2. The van der Waals surface area contributed by atoms with E-state index in [1.807, 2.05) is 25.5 Å². The second kappa shape index (κ2) is 8.18. The summed E-state index contributed by atoms with van der Waals surface area (Å²) in [6.45, 7) is 7.16. The summed E-state index contributed by atoms with van der Waals surface area (Å²) in [5, 5.41) is 12.5. The summed E-state index contributed by atoms with van der Waals surface area (Å²) < 4.78 is 6.43. The van der Waals surface area contributed by atoms with E-state index in [1.54, 1.807) is 24.3 Å². The maximum Gasteiger partial charge on any atom is 0.411 e. The number of carbonyl (C=O) groups is 2. The number of amides is 3. The van der Waals surface area contributed by atoms with Crippen LogP contribution in [0.1, 0.15) is 23.9 Å². The summed E-state index contributed by atoms with van der Waals surface area (Å²) in [6, 6.07) is 6.42. The summed E-state index contributed by atoms with van der Waals surface area (Å²) in [7, 11) is 1.29. The Kier molecular flexibility index (Phi) is 5.99. The molecule has 0 saturated heterocycles. The number of urea groups is 1. The summed E-state index contributed by atoms with van der Waals surface area (Å²) in [6.07, 6.45) is -0.545. The van der Waals surface area contributed by atoms with Crippen LogP contribution >= 0.6 is 0 Å². The minimum Gasteiger partial charge on any atom is -0.453 e. The lowest BCUT2D eigenvalue weighted by Gasteiger charge is -2.09. The van der Waals surface area contributed by atoms with Crippen molar-refractivity contribution in [1.82, 2.24) is 15.1 Å². The molecular formula is C17H23N5O3. The third-order valence-electron chi connectivity index (χ3n) is 3.83. The number of hydrogen-bond donors (Lipinski definition) is 3. The summed E-state index contributed by atoms with van der Waals surface area (Å²) in [5.41, 5.74) is 4.19. The molecule has 0 spiro atoms. The molecule has 3 N–H and O–H groups in total. The molecular weight excluding hydrogens is 322 g/mol. The lowest BCUT2D eigenvalue weighted by atomic mass is 10.2. The summed E-state index contributed by atoms with van der Waals surface area (Å²) in [4.78, 5) is 23.2. The van der Waals surface area contributed by atoms with Gasteiger partial charge in [0.15, 0.2) is 0 Å². The van der Waals surface area contributed by atoms with Crippen molar-refractivity contribution in [2.24, 2.45) is 0 Å². The number of methoxy groups -OCH3 is 1. The Bertz CT molecular complexity index is 752. The second-order valence-electron chi connectivity index (χ2n) is 5.47. The Morgan fingerprint density at radius 3 is 2.24 bits per heavy atom. The van der Waals surface area contributed by atoms with Crippen LogP contribution in [0.25, 0.3) is 0 Å². The van der Waals surface area contributed by atoms with E-state index >= 15 is 0 Å². The minimum atomic E-state index is -0.545. The molecule has 0 fully saturated rings. The maximum atomic E-state index is 12.1. The van der Waals surface area contributed by atoms with Crippen LogP contribution in [0.15, 0.2) is 24.3 Å². The van der Waals surface area contributed by atoms with Crippen molar-refractivity contribution < 1.29 is 14.3 Å². The van der Waals surface area contributed by atoms with Crippen LogP contribution in [0.4, 0.5) is 21.0 Å². The van der Waals surface area contributed by atoms with Crippen molar-refractivity contribution in [2.75, 3.05) is 17.7 Å². The van der Waals surface area contributed by atoms with Gasteiger partial charge in [-0.1, -0.05) is 0 Å². The zero-order valence-corrected chi connectivity index (χ0v) is 14.8. The predicted octanol–water partition coefficient (Wildman–Crippen LogP) is 3.02. The topological polar surface area (TPSA) is 97.3 Å². The van der Waals surface area contributed by atoms with Crippen molar-refractivity contribution in [2.45, 2.75) is 33.9 Å². The van der Waals surface area contributed by atoms with Gasteiger partial charge in [0.05, 0.1) is 12.8 Å². The van der Waals surface area contributed by atoms with Crippen molar-refractivity contribution >= 4 is 23.5 Å². The van der Waals surface area contributed by atoms with Crippen LogP contribution in [0.3, 0.4) is 0 Å². The molecule has 1 heterocycles. The van der Waals surface area contributed by atoms with Gasteiger partial charge in [0.1, 0.15) is 0 Å². The highest BCUT2D eigenvalue weighted by Gasteiger charge is 2.11. The first-order valence-corrected chi connectivity index (χ1v) is 7.97. The molecule has 0 aliphatic heterocycles. The van der Waals surface area contributed by atoms with E-state index in [2.05, 4.69) is 25.8 Å². The molecule has 0 saturated carbocycles. The number of rotatable bonds is 5. The summed E-state index contributed by atoms with van der Waals surface area (Å²) >= 11 is 0. The largest absolute Gasteiger partial charge is 0.453 e. The van der Waals surface area contributed by atoms with Crippen molar-refractivity contribution in [3.63, 3.8) is 0 Å². The number of nitrogens with one attached hydrogen (secondary N) is 3. The average molecular weight is 345 g/mol. The van der Waals surface area contributed by atoms with Gasteiger partial charge in [-0.2, -0.15) is 5.10 Å². The van der Waals surface area contributed by atoms with Crippen LogP contribution in [-0.4, -0.2) is 29.0 Å². The van der Waals surface area contributed by atoms with E-state index in [9.17, 15) is 9.59 Å². The van der Waals surface area contributed by atoms with Gasteiger partial charge >= 0.3 is 12.1 Å². The van der Waals surface area contributed by atoms with E-state index in [1.165, 1.54) is 7.11 Å². The highest BCUT2D eigenvalue weighted by molar-refractivity contribution is 5.90. The number of carbonyl (C=O) groups excluding carboxylic acids is 2. The van der Waals surface area contributed by atoms with Crippen LogP contribution in [0, 0.1) is 13.8 Å². The second-order valence-corrected chi connectivity index (χ2v) is 5.47. The quantitative estimate of drug-likeness (QED) is 0.776. The zero-order chi connectivity index (χ0) is 18.4. The first kappa shape index (κ1) is 18.3. The molecule has 0 radical (unpaired) electrons. The fourth-order valence-electron chi connectivity index (χ4n) is 2.45. The number of anilines is 2. The molecule has 0 bridgehead atoms. The zero-order valence-electron chi connectivity index (χ0n) is 14.8. The van der Waals surface area contributed by atoms with Crippen LogP contribution in [0.5, 0.6) is 0 Å². The third kappa shape index (κ3) is 4.72. The van der Waals surface area contributed by atoms with Gasteiger partial charge in [0, 0.05) is 35.7 Å². The normalized spacial score (nSPS) is 10.2. The van der Waals surface area contributed by atoms with Crippen molar-refractivity contribution in [3.05, 3.63) is 41.2 Å². The van der Waals surface area contributed by atoms with Gasteiger partial charge in [-0.25, -0.2) is 9.59 Å². The monoisotopic (exact) mass is 345 g/mol. The first-order valence-electron chi connectivity index (χ1n) is 7.97. The number of hydrogen-bond acceptors (Lipinski definition) is 4. The van der Waals surface area contributed by atoms with Crippen molar-refractivity contribution in [3.8, 4) is 0 Å². The smallest absolute Gasteiger partial charge is 0.411 e. The SMILES string of the molecule is CCn1nc(C)c(CNC(=O)Nc2ccc(NC(=O)OC)cc2)c1C. The van der Waals surface area contributed by atoms with E-state index in [-0.39, 0.29) is 6.03 Å². The molecule has 0 atom stereocenters. The molecule has 8 nitrogen and oxygen atoms in total. The third-order valence-corrected chi connectivity index (χ3v) is 3.83. The Morgan fingerprint density at radius 2 is 1.72 bits per heavy atom. The van der Waals surface area contributed by atoms with Crippen LogP contribution < -0.4 is 16.0 Å². The average Bonchev–Trinajstić information content (AvgIpc) is 2.88. The van der Waals surface area contributed by atoms with Crippen molar-refractivity contribution in [1.29, 1.82) is 0 Å². The Balaban J connectivity index is 1.90. The van der Waals surface area contributed by atoms with Crippen LogP contribution in [0.2, 0.25) is 0 Å². The number of aromatic nitrogens is 2. The minimum absolute atomic E-state index is 0.309. The Labute approximate surface area is 146 Å². The molecule has 0 aliphatic rings. The number of ether oxygens (including phenoxy) is 1. The van der Waals surface area contributed by atoms with Gasteiger partial charge in [0.25, 0.3) is 0 Å². The van der Waals surface area contributed by atoms with Gasteiger partial charge in [-0.3, -0.25) is 10.00 Å². The standard InChI is InChI=1S/C17H23N5O3/c1-5-22-12(3)15(11(2)21-22)10-18-16(23)19-13-6-8-14(9-7-13)20-17(24)25-4/h6-9H,5,10H2,1-4H3,(H,20,24)(H2,18,19,23). The Hall–Kier alpha value is -3.03. The molecule has 0 unspecified atom stereocenters.